The predicted molar refractivity (Wildman–Crippen MR) is 96.6 cm³/mol. The Morgan fingerprint density at radius 3 is 3.00 bits per heavy atom. The quantitative estimate of drug-likeness (QED) is 0.914. The Morgan fingerprint density at radius 1 is 1.29 bits per heavy atom. The molecule has 1 N–H and O–H groups in total. The molecule has 0 saturated carbocycles. The molecule has 2 heterocycles. The van der Waals surface area contributed by atoms with Crippen molar-refractivity contribution in [1.29, 1.82) is 0 Å². The average Bonchev–Trinajstić information content (AvgIpc) is 3.00. The van der Waals surface area contributed by atoms with Gasteiger partial charge >= 0.3 is 0 Å². The van der Waals surface area contributed by atoms with Gasteiger partial charge in [0.05, 0.1) is 17.4 Å². The fourth-order valence-electron chi connectivity index (χ4n) is 3.23. The summed E-state index contributed by atoms with van der Waals surface area (Å²) in [5.41, 5.74) is 4.00. The second kappa shape index (κ2) is 5.98. The summed E-state index contributed by atoms with van der Waals surface area (Å²) >= 11 is 1.56. The number of nitrogens with zero attached hydrogens (tertiary/aromatic N) is 1. The van der Waals surface area contributed by atoms with Gasteiger partial charge in [0.2, 0.25) is 11.8 Å². The van der Waals surface area contributed by atoms with Crippen molar-refractivity contribution >= 4 is 35.0 Å². The molecule has 2 aliphatic rings. The number of anilines is 2. The molecular formula is C19H18N2O2S. The lowest BCUT2D eigenvalue weighted by Crippen LogP contribution is -2.30. The zero-order chi connectivity index (χ0) is 16.7. The van der Waals surface area contributed by atoms with Gasteiger partial charge in [-0.05, 0) is 42.7 Å². The first kappa shape index (κ1) is 15.3. The van der Waals surface area contributed by atoms with Crippen LogP contribution < -0.4 is 10.2 Å². The van der Waals surface area contributed by atoms with E-state index in [-0.39, 0.29) is 17.1 Å². The highest BCUT2D eigenvalue weighted by atomic mass is 32.2. The van der Waals surface area contributed by atoms with E-state index in [0.29, 0.717) is 6.42 Å². The molecule has 1 unspecified atom stereocenters. The number of carbonyl (C=O) groups excluding carboxylic acids is 2. The molecule has 2 aromatic carbocycles. The lowest BCUT2D eigenvalue weighted by molar-refractivity contribution is -0.118. The Kier molecular flexibility index (Phi) is 3.81. The van der Waals surface area contributed by atoms with Crippen LogP contribution in [0.15, 0.2) is 47.4 Å². The molecule has 1 atom stereocenters. The largest absolute Gasteiger partial charge is 0.324 e. The molecule has 0 saturated heterocycles. The molecular weight excluding hydrogens is 320 g/mol. The molecule has 0 radical (unpaired) electrons. The SMILES string of the molecule is CC1Sc2ccc(CC(=O)N3CCc4ccccc43)cc2NC1=O. The van der Waals surface area contributed by atoms with Gasteiger partial charge in [-0.3, -0.25) is 9.59 Å². The average molecular weight is 338 g/mol. The first-order chi connectivity index (χ1) is 11.6. The maximum absolute atomic E-state index is 12.7. The van der Waals surface area contributed by atoms with Crippen LogP contribution in [0.4, 0.5) is 11.4 Å². The van der Waals surface area contributed by atoms with Gasteiger partial charge in [-0.25, -0.2) is 0 Å². The number of hydrogen-bond donors (Lipinski definition) is 1. The summed E-state index contributed by atoms with van der Waals surface area (Å²) in [5.74, 6) is 0.118. The number of fused-ring (bicyclic) bond motifs is 2. The Labute approximate surface area is 145 Å². The van der Waals surface area contributed by atoms with Crippen molar-refractivity contribution in [3.05, 3.63) is 53.6 Å². The summed E-state index contributed by atoms with van der Waals surface area (Å²) in [7, 11) is 0. The monoisotopic (exact) mass is 338 g/mol. The number of benzene rings is 2. The second-order valence-electron chi connectivity index (χ2n) is 6.18. The fraction of sp³-hybridized carbons (Fsp3) is 0.263. The van der Waals surface area contributed by atoms with E-state index >= 15 is 0 Å². The first-order valence-electron chi connectivity index (χ1n) is 8.10. The van der Waals surface area contributed by atoms with Crippen LogP contribution in [-0.4, -0.2) is 23.6 Å². The van der Waals surface area contributed by atoms with E-state index in [9.17, 15) is 9.59 Å². The van der Waals surface area contributed by atoms with Crippen LogP contribution in [0, 0.1) is 0 Å². The molecule has 2 amide bonds. The summed E-state index contributed by atoms with van der Waals surface area (Å²) in [6.45, 7) is 2.64. The lowest BCUT2D eigenvalue weighted by atomic mass is 10.1. The molecule has 0 spiro atoms. The number of nitrogens with one attached hydrogen (secondary N) is 1. The molecule has 24 heavy (non-hydrogen) atoms. The number of hydrogen-bond acceptors (Lipinski definition) is 3. The number of carbonyl (C=O) groups is 2. The van der Waals surface area contributed by atoms with Crippen LogP contribution in [0.2, 0.25) is 0 Å². The highest BCUT2D eigenvalue weighted by molar-refractivity contribution is 8.00. The minimum Gasteiger partial charge on any atom is -0.324 e. The van der Waals surface area contributed by atoms with E-state index in [1.165, 1.54) is 5.56 Å². The molecule has 2 aromatic rings. The third kappa shape index (κ3) is 2.69. The van der Waals surface area contributed by atoms with E-state index in [2.05, 4.69) is 11.4 Å². The Morgan fingerprint density at radius 2 is 2.12 bits per heavy atom. The lowest BCUT2D eigenvalue weighted by Gasteiger charge is -2.22. The van der Waals surface area contributed by atoms with Crippen LogP contribution in [0.5, 0.6) is 0 Å². The van der Waals surface area contributed by atoms with Crippen molar-refractivity contribution in [2.45, 2.75) is 29.9 Å². The van der Waals surface area contributed by atoms with Crippen molar-refractivity contribution in [2.24, 2.45) is 0 Å². The highest BCUT2D eigenvalue weighted by Gasteiger charge is 2.26. The van der Waals surface area contributed by atoms with Gasteiger partial charge in [-0.2, -0.15) is 0 Å². The summed E-state index contributed by atoms with van der Waals surface area (Å²) in [4.78, 5) is 27.5. The van der Waals surface area contributed by atoms with E-state index in [4.69, 9.17) is 0 Å². The standard InChI is InChI=1S/C19H18N2O2S/c1-12-19(23)20-15-10-13(6-7-17(15)24-12)11-18(22)21-9-8-14-4-2-3-5-16(14)21/h2-7,10,12H,8-9,11H2,1H3,(H,20,23). The molecule has 0 aliphatic carbocycles. The molecule has 0 aromatic heterocycles. The van der Waals surface area contributed by atoms with Crippen molar-refractivity contribution in [2.75, 3.05) is 16.8 Å². The van der Waals surface area contributed by atoms with Crippen LogP contribution in [-0.2, 0) is 22.4 Å². The van der Waals surface area contributed by atoms with Crippen LogP contribution in [0.1, 0.15) is 18.1 Å². The molecule has 4 rings (SSSR count). The van der Waals surface area contributed by atoms with Crippen LogP contribution in [0.25, 0.3) is 0 Å². The Balaban J connectivity index is 1.53. The maximum atomic E-state index is 12.7. The van der Waals surface area contributed by atoms with Gasteiger partial charge in [0.15, 0.2) is 0 Å². The van der Waals surface area contributed by atoms with Gasteiger partial charge in [0.1, 0.15) is 0 Å². The number of amides is 2. The predicted octanol–water partition coefficient (Wildman–Crippen LogP) is 3.25. The van der Waals surface area contributed by atoms with Crippen molar-refractivity contribution < 1.29 is 9.59 Å². The molecule has 0 bridgehead atoms. The van der Waals surface area contributed by atoms with E-state index in [1.807, 2.05) is 48.2 Å². The van der Waals surface area contributed by atoms with E-state index in [0.717, 1.165) is 34.8 Å². The third-order valence-electron chi connectivity index (χ3n) is 4.52. The summed E-state index contributed by atoms with van der Waals surface area (Å²) < 4.78 is 0. The molecule has 2 aliphatic heterocycles. The van der Waals surface area contributed by atoms with Gasteiger partial charge in [-0.1, -0.05) is 24.3 Å². The van der Waals surface area contributed by atoms with E-state index < -0.39 is 0 Å². The highest BCUT2D eigenvalue weighted by Crippen LogP contribution is 2.36. The molecule has 122 valence electrons. The topological polar surface area (TPSA) is 49.4 Å². The smallest absolute Gasteiger partial charge is 0.237 e. The first-order valence-corrected chi connectivity index (χ1v) is 8.98. The number of thioether (sulfide) groups is 1. The second-order valence-corrected chi connectivity index (χ2v) is 7.56. The minimum absolute atomic E-state index is 0.0180. The fourth-order valence-corrected chi connectivity index (χ4v) is 4.16. The van der Waals surface area contributed by atoms with E-state index in [1.54, 1.807) is 11.8 Å². The molecule has 5 heteroatoms. The van der Waals surface area contributed by atoms with Gasteiger partial charge in [0.25, 0.3) is 0 Å². The molecule has 0 fully saturated rings. The Bertz CT molecular complexity index is 834. The Hall–Kier alpha value is -2.27. The molecule has 4 nitrogen and oxygen atoms in total. The van der Waals surface area contributed by atoms with Crippen LogP contribution in [0.3, 0.4) is 0 Å². The van der Waals surface area contributed by atoms with Crippen molar-refractivity contribution in [3.63, 3.8) is 0 Å². The number of rotatable bonds is 2. The number of para-hydroxylation sites is 1. The summed E-state index contributed by atoms with van der Waals surface area (Å²) in [5, 5.41) is 2.85. The van der Waals surface area contributed by atoms with Crippen molar-refractivity contribution in [3.8, 4) is 0 Å². The van der Waals surface area contributed by atoms with Crippen LogP contribution >= 0.6 is 11.8 Å². The maximum Gasteiger partial charge on any atom is 0.237 e. The van der Waals surface area contributed by atoms with Gasteiger partial charge in [-0.15, -0.1) is 11.8 Å². The summed E-state index contributed by atoms with van der Waals surface area (Å²) in [6.07, 6.45) is 1.26. The zero-order valence-corrected chi connectivity index (χ0v) is 14.2. The summed E-state index contributed by atoms with van der Waals surface area (Å²) in [6, 6.07) is 14.0. The third-order valence-corrected chi connectivity index (χ3v) is 5.70. The van der Waals surface area contributed by atoms with Gasteiger partial charge in [0, 0.05) is 17.1 Å². The minimum atomic E-state index is -0.0777. The zero-order valence-electron chi connectivity index (χ0n) is 13.4. The normalized spacial score (nSPS) is 18.8. The van der Waals surface area contributed by atoms with Crippen molar-refractivity contribution in [1.82, 2.24) is 0 Å². The van der Waals surface area contributed by atoms with Gasteiger partial charge < -0.3 is 10.2 Å².